The van der Waals surface area contributed by atoms with E-state index in [0.29, 0.717) is 55.2 Å². The first-order valence-corrected chi connectivity index (χ1v) is 18.4. The number of halogens is 3. The molecule has 0 saturated heterocycles. The monoisotopic (exact) mass is 699 g/mol. The van der Waals surface area contributed by atoms with E-state index in [1.54, 1.807) is 24.3 Å². The van der Waals surface area contributed by atoms with Crippen LogP contribution in [0.25, 0.3) is 0 Å². The third-order valence-electron chi connectivity index (χ3n) is 10.4. The van der Waals surface area contributed by atoms with Gasteiger partial charge in [0.25, 0.3) is 0 Å². The van der Waals surface area contributed by atoms with Crippen LogP contribution < -0.4 is 4.74 Å². The molecule has 11 heteroatoms. The summed E-state index contributed by atoms with van der Waals surface area (Å²) in [6.07, 6.45) is 1.21. The predicted molar refractivity (Wildman–Crippen MR) is 182 cm³/mol. The van der Waals surface area contributed by atoms with E-state index in [0.717, 1.165) is 35.1 Å². The Hall–Kier alpha value is -3.51. The van der Waals surface area contributed by atoms with Gasteiger partial charge in [0.05, 0.1) is 18.0 Å². The van der Waals surface area contributed by atoms with Crippen LogP contribution in [-0.2, 0) is 23.0 Å². The molecule has 4 atom stereocenters. The molecule has 264 valence electrons. The molecule has 0 radical (unpaired) electrons. The molecule has 1 fully saturated rings. The lowest BCUT2D eigenvalue weighted by atomic mass is 9.64. The third kappa shape index (κ3) is 8.63. The second-order valence-electron chi connectivity index (χ2n) is 13.9. The standard InChI is InChI=1S/C38H44F3NO6S/c1-26-8-7-20-36(2)34(32-18-14-28(22-30(43)15-11-26)23-33(32)35(44)29-9-5-4-6-10-29)19-21-37(36,45)25-42(49(3,46)47)24-27-12-16-31(17-13-27)48-38(39,40)41/h4-6,8-10,12-14,16-18,23,30,34,43,45H,7,11,15,19-22,24-25H2,1-3H3. The number of ether oxygens (including phenoxy) is 1. The van der Waals surface area contributed by atoms with Crippen molar-refractivity contribution < 1.29 is 41.3 Å². The maximum atomic E-state index is 14.1. The first-order valence-electron chi connectivity index (χ1n) is 16.6. The highest BCUT2D eigenvalue weighted by Crippen LogP contribution is 2.59. The second kappa shape index (κ2) is 14.4. The molecule has 0 amide bonds. The Morgan fingerprint density at radius 3 is 2.37 bits per heavy atom. The van der Waals surface area contributed by atoms with Gasteiger partial charge in [-0.3, -0.25) is 4.79 Å². The lowest BCUT2D eigenvalue weighted by Crippen LogP contribution is -2.53. The maximum Gasteiger partial charge on any atom is 0.573 e. The lowest BCUT2D eigenvalue weighted by molar-refractivity contribution is -0.274. The molecule has 6 rings (SSSR count). The van der Waals surface area contributed by atoms with Gasteiger partial charge in [0.2, 0.25) is 10.0 Å². The summed E-state index contributed by atoms with van der Waals surface area (Å²) in [5.74, 6) is -0.893. The van der Waals surface area contributed by atoms with Crippen LogP contribution in [0.1, 0.15) is 90.9 Å². The van der Waals surface area contributed by atoms with E-state index in [1.807, 2.05) is 38.1 Å². The number of fused-ring (bicyclic) bond motifs is 8. The number of hydrogen-bond acceptors (Lipinski definition) is 6. The lowest BCUT2D eigenvalue weighted by Gasteiger charge is -2.45. The minimum atomic E-state index is -4.86. The average molecular weight is 700 g/mol. The van der Waals surface area contributed by atoms with Crippen molar-refractivity contribution in [1.82, 2.24) is 4.31 Å². The molecular weight excluding hydrogens is 655 g/mol. The summed E-state index contributed by atoms with van der Waals surface area (Å²) in [6, 6.07) is 19.7. The highest BCUT2D eigenvalue weighted by Gasteiger charge is 2.58. The smallest absolute Gasteiger partial charge is 0.406 e. The molecule has 0 aliphatic heterocycles. The van der Waals surface area contributed by atoms with Gasteiger partial charge >= 0.3 is 6.36 Å². The zero-order valence-corrected chi connectivity index (χ0v) is 28.9. The fourth-order valence-corrected chi connectivity index (χ4v) is 8.36. The molecule has 2 bridgehead atoms. The molecule has 1 saturated carbocycles. The number of benzene rings is 3. The molecular formula is C38H44F3NO6S. The number of allylic oxidation sites excluding steroid dienone is 2. The van der Waals surface area contributed by atoms with Crippen molar-refractivity contribution in [3.63, 3.8) is 0 Å². The normalized spacial score (nSPS) is 25.0. The van der Waals surface area contributed by atoms with Crippen LogP contribution in [0.5, 0.6) is 5.75 Å². The number of hydrogen-bond donors (Lipinski definition) is 2. The number of aliphatic hydroxyl groups excluding tert-OH is 1. The Balaban J connectivity index is 1.55. The van der Waals surface area contributed by atoms with Gasteiger partial charge in [-0.15, -0.1) is 13.2 Å². The van der Waals surface area contributed by atoms with E-state index < -0.39 is 39.3 Å². The van der Waals surface area contributed by atoms with Crippen LogP contribution in [0.2, 0.25) is 0 Å². The summed E-state index contributed by atoms with van der Waals surface area (Å²) in [7, 11) is -3.89. The predicted octanol–water partition coefficient (Wildman–Crippen LogP) is 7.32. The summed E-state index contributed by atoms with van der Waals surface area (Å²) in [5.41, 5.74) is 1.78. The van der Waals surface area contributed by atoms with E-state index >= 15 is 0 Å². The first kappa shape index (κ1) is 36.8. The second-order valence-corrected chi connectivity index (χ2v) is 15.8. The zero-order chi connectivity index (χ0) is 35.6. The SMILES string of the molecule is CC1=CCCC2(C)C(CCC2(O)CN(Cc2ccc(OC(F)(F)F)cc2)S(C)(=O)=O)c2ccc(cc2C(=O)c2ccccc2)CC(O)CC1. The van der Waals surface area contributed by atoms with Gasteiger partial charge in [0.15, 0.2) is 5.78 Å². The summed E-state index contributed by atoms with van der Waals surface area (Å²) in [4.78, 5) is 14.1. The molecule has 2 N–H and O–H groups in total. The van der Waals surface area contributed by atoms with Crippen molar-refractivity contribution in [2.24, 2.45) is 5.41 Å². The fourth-order valence-electron chi connectivity index (χ4n) is 7.52. The number of carbonyl (C=O) groups excluding carboxylic acids is 1. The molecule has 3 aliphatic rings. The minimum Gasteiger partial charge on any atom is -0.406 e. The highest BCUT2D eigenvalue weighted by atomic mass is 32.2. The van der Waals surface area contributed by atoms with E-state index in [4.69, 9.17) is 0 Å². The van der Waals surface area contributed by atoms with E-state index in [-0.39, 0.29) is 31.2 Å². The van der Waals surface area contributed by atoms with E-state index in [1.165, 1.54) is 16.4 Å². The fraction of sp³-hybridized carbons (Fsp3) is 0.447. The van der Waals surface area contributed by atoms with Gasteiger partial charge in [-0.1, -0.05) is 73.2 Å². The number of aliphatic hydroxyl groups is 2. The van der Waals surface area contributed by atoms with E-state index in [9.17, 15) is 36.6 Å². The number of carbonyl (C=O) groups is 1. The molecule has 3 aromatic rings. The zero-order valence-electron chi connectivity index (χ0n) is 28.0. The Bertz CT molecular complexity index is 1780. The van der Waals surface area contributed by atoms with Crippen molar-refractivity contribution in [2.45, 2.75) is 89.3 Å². The number of rotatable bonds is 8. The van der Waals surface area contributed by atoms with Crippen LogP contribution in [0.3, 0.4) is 0 Å². The summed E-state index contributed by atoms with van der Waals surface area (Å²) in [6.45, 7) is 3.58. The quantitative estimate of drug-likeness (QED) is 0.189. The van der Waals surface area contributed by atoms with Gasteiger partial charge < -0.3 is 14.9 Å². The van der Waals surface area contributed by atoms with Gasteiger partial charge in [0.1, 0.15) is 5.75 Å². The van der Waals surface area contributed by atoms with Gasteiger partial charge in [-0.05, 0) is 92.7 Å². The van der Waals surface area contributed by atoms with Crippen molar-refractivity contribution in [3.05, 3.63) is 112 Å². The highest BCUT2D eigenvalue weighted by molar-refractivity contribution is 7.88. The van der Waals surface area contributed by atoms with Gasteiger partial charge in [-0.2, -0.15) is 4.31 Å². The van der Waals surface area contributed by atoms with Gasteiger partial charge in [-0.25, -0.2) is 8.42 Å². The Labute approximate surface area is 286 Å². The van der Waals surface area contributed by atoms with Crippen molar-refractivity contribution in [3.8, 4) is 5.75 Å². The summed E-state index contributed by atoms with van der Waals surface area (Å²) >= 11 is 0. The molecule has 7 nitrogen and oxygen atoms in total. The van der Waals surface area contributed by atoms with Crippen LogP contribution in [0, 0.1) is 5.41 Å². The minimum absolute atomic E-state index is 0.164. The molecule has 0 spiro atoms. The van der Waals surface area contributed by atoms with Crippen molar-refractivity contribution >= 4 is 15.8 Å². The Morgan fingerprint density at radius 2 is 1.71 bits per heavy atom. The van der Waals surface area contributed by atoms with Crippen LogP contribution in [-0.4, -0.2) is 59.6 Å². The summed E-state index contributed by atoms with van der Waals surface area (Å²) in [5, 5.41) is 23.5. The number of ketones is 1. The summed E-state index contributed by atoms with van der Waals surface area (Å²) < 4.78 is 69.6. The Kier molecular flexibility index (Phi) is 10.8. The third-order valence-corrected chi connectivity index (χ3v) is 11.6. The van der Waals surface area contributed by atoms with Crippen LogP contribution in [0.15, 0.2) is 84.4 Å². The molecule has 4 unspecified atom stereocenters. The molecule has 49 heavy (non-hydrogen) atoms. The Morgan fingerprint density at radius 1 is 1.02 bits per heavy atom. The van der Waals surface area contributed by atoms with Crippen molar-refractivity contribution in [1.29, 1.82) is 0 Å². The molecule has 3 aliphatic carbocycles. The van der Waals surface area contributed by atoms with Crippen molar-refractivity contribution in [2.75, 3.05) is 12.8 Å². The maximum absolute atomic E-state index is 14.1. The van der Waals surface area contributed by atoms with Crippen LogP contribution >= 0.6 is 0 Å². The topological polar surface area (TPSA) is 104 Å². The number of alkyl halides is 3. The molecule has 0 heterocycles. The number of sulfonamides is 1. The largest absolute Gasteiger partial charge is 0.573 e. The first-order chi connectivity index (χ1) is 23.0. The van der Waals surface area contributed by atoms with Gasteiger partial charge in [0, 0.05) is 29.6 Å². The number of nitrogens with zero attached hydrogens (tertiary/aromatic N) is 1. The van der Waals surface area contributed by atoms with E-state index in [2.05, 4.69) is 10.8 Å². The average Bonchev–Trinajstić information content (AvgIpc) is 3.28. The van der Waals surface area contributed by atoms with Crippen LogP contribution in [0.4, 0.5) is 13.2 Å². The molecule has 3 aromatic carbocycles. The molecule has 0 aromatic heterocycles.